The molecule has 66 heavy (non-hydrogen) atoms. The van der Waals surface area contributed by atoms with Gasteiger partial charge in [-0.25, -0.2) is 0 Å². The Morgan fingerprint density at radius 3 is 1.44 bits per heavy atom. The van der Waals surface area contributed by atoms with Crippen molar-refractivity contribution in [2.45, 2.75) is 243 Å². The van der Waals surface area contributed by atoms with Crippen LogP contribution in [0.3, 0.4) is 0 Å². The molecule has 0 bridgehead atoms. The van der Waals surface area contributed by atoms with E-state index in [1.165, 1.54) is 116 Å². The molecule has 0 aromatic carbocycles. The molecule has 4 N–H and O–H groups in total. The summed E-state index contributed by atoms with van der Waals surface area (Å²) in [7, 11) is -4.61. The summed E-state index contributed by atoms with van der Waals surface area (Å²) >= 11 is 0. The van der Waals surface area contributed by atoms with Gasteiger partial charge < -0.3 is 34.3 Å². The highest BCUT2D eigenvalue weighted by atomic mass is 32.2. The molecule has 1 heterocycles. The van der Waals surface area contributed by atoms with E-state index < -0.39 is 71.2 Å². The van der Waals surface area contributed by atoms with Crippen LogP contribution >= 0.6 is 0 Å². The van der Waals surface area contributed by atoms with E-state index in [9.17, 15) is 37.9 Å². The molecule has 0 amide bonds. The number of carbonyl (C=O) groups is 2. The lowest BCUT2D eigenvalue weighted by atomic mass is 10.00. The summed E-state index contributed by atoms with van der Waals surface area (Å²) in [6.07, 6.45) is 44.1. The highest BCUT2D eigenvalue weighted by Crippen LogP contribution is 2.24. The van der Waals surface area contributed by atoms with Crippen LogP contribution < -0.4 is 0 Å². The minimum atomic E-state index is -4.61. The molecule has 1 aliphatic heterocycles. The second-order valence-electron chi connectivity index (χ2n) is 17.8. The fourth-order valence-electron chi connectivity index (χ4n) is 7.55. The van der Waals surface area contributed by atoms with E-state index >= 15 is 0 Å². The molecule has 1 saturated heterocycles. The lowest BCUT2D eigenvalue weighted by molar-refractivity contribution is -0.297. The van der Waals surface area contributed by atoms with E-state index in [2.05, 4.69) is 62.5 Å². The average Bonchev–Trinajstić information content (AvgIpc) is 3.28. The van der Waals surface area contributed by atoms with E-state index in [-0.39, 0.29) is 19.4 Å². The molecular formula is C53H92O12S. The topological polar surface area (TPSA) is 186 Å². The van der Waals surface area contributed by atoms with Crippen LogP contribution in [0.2, 0.25) is 0 Å². The number of rotatable bonds is 43. The molecule has 382 valence electrons. The first-order valence-corrected chi connectivity index (χ1v) is 27.5. The van der Waals surface area contributed by atoms with Gasteiger partial charge in [0.05, 0.1) is 6.61 Å². The second-order valence-corrected chi connectivity index (χ2v) is 19.3. The van der Waals surface area contributed by atoms with Gasteiger partial charge in [0.2, 0.25) is 0 Å². The Kier molecular flexibility index (Phi) is 39.5. The van der Waals surface area contributed by atoms with Crippen molar-refractivity contribution < 1.29 is 56.8 Å². The molecule has 0 aliphatic carbocycles. The van der Waals surface area contributed by atoms with Gasteiger partial charge in [0.1, 0.15) is 36.8 Å². The summed E-state index contributed by atoms with van der Waals surface area (Å²) in [5.41, 5.74) is 0. The molecule has 0 saturated carbocycles. The number of carbonyl (C=O) groups excluding carboxylic acids is 2. The Morgan fingerprint density at radius 1 is 0.515 bits per heavy atom. The Hall–Kier alpha value is -2.65. The van der Waals surface area contributed by atoms with Crippen LogP contribution in [-0.4, -0.2) is 96.0 Å². The highest BCUT2D eigenvalue weighted by molar-refractivity contribution is 7.85. The first kappa shape index (κ1) is 61.4. The third kappa shape index (κ3) is 36.4. The molecule has 6 atom stereocenters. The summed E-state index contributed by atoms with van der Waals surface area (Å²) in [4.78, 5) is 25.5. The van der Waals surface area contributed by atoms with E-state index in [1.807, 2.05) is 12.2 Å². The maximum Gasteiger partial charge on any atom is 0.306 e. The molecule has 0 aromatic heterocycles. The van der Waals surface area contributed by atoms with Crippen LogP contribution in [0.5, 0.6) is 0 Å². The molecule has 0 spiro atoms. The highest BCUT2D eigenvalue weighted by Gasteiger charge is 2.46. The average molecular weight is 953 g/mol. The Bertz CT molecular complexity index is 1440. The third-order valence-electron chi connectivity index (χ3n) is 11.6. The zero-order valence-corrected chi connectivity index (χ0v) is 41.9. The second kappa shape index (κ2) is 42.5. The van der Waals surface area contributed by atoms with Crippen molar-refractivity contribution in [1.29, 1.82) is 0 Å². The number of ether oxygens (including phenoxy) is 4. The van der Waals surface area contributed by atoms with Gasteiger partial charge in [0.25, 0.3) is 10.1 Å². The minimum Gasteiger partial charge on any atom is -0.462 e. The molecule has 0 aromatic rings. The van der Waals surface area contributed by atoms with Crippen molar-refractivity contribution in [3.8, 4) is 0 Å². The quantitative estimate of drug-likeness (QED) is 0.0196. The standard InChI is InChI=1S/C53H92O12S/c1-3-5-7-9-11-13-15-17-19-21-22-23-24-26-27-29-31-33-35-37-39-41-48(54)62-43-46(44-63-53-52(58)51(57)50(56)47(65-53)45-66(59,60)61)64-49(55)42-40-38-36-34-32-30-28-25-20-18-16-14-12-10-8-6-4-2/h12,14,17-20,28,30,34,36,46-47,50-53,56-58H,3-11,13,15-16,21-27,29,31-33,35,37-45H2,1-2H3,(H,59,60,61)/b14-12+,19-17+,20-18+,30-28+,36-34+/t46-,47-,50-,51?,52?,53+/m1/s1. The summed E-state index contributed by atoms with van der Waals surface area (Å²) in [6, 6.07) is 0. The smallest absolute Gasteiger partial charge is 0.306 e. The summed E-state index contributed by atoms with van der Waals surface area (Å²) in [6.45, 7) is 3.70. The van der Waals surface area contributed by atoms with Gasteiger partial charge in [-0.05, 0) is 77.0 Å². The largest absolute Gasteiger partial charge is 0.462 e. The molecule has 0 radical (unpaired) electrons. The van der Waals surface area contributed by atoms with Crippen LogP contribution in [0.4, 0.5) is 0 Å². The third-order valence-corrected chi connectivity index (χ3v) is 12.3. The minimum absolute atomic E-state index is 0.0869. The van der Waals surface area contributed by atoms with Gasteiger partial charge in [-0.15, -0.1) is 0 Å². The zero-order chi connectivity index (χ0) is 48.4. The number of hydrogen-bond acceptors (Lipinski definition) is 11. The number of hydrogen-bond donors (Lipinski definition) is 4. The maximum absolute atomic E-state index is 12.8. The van der Waals surface area contributed by atoms with Crippen LogP contribution in [0, 0.1) is 0 Å². The molecule has 13 heteroatoms. The van der Waals surface area contributed by atoms with Crippen molar-refractivity contribution in [2.24, 2.45) is 0 Å². The number of aliphatic hydroxyl groups is 3. The molecule has 1 rings (SSSR count). The van der Waals surface area contributed by atoms with Crippen molar-refractivity contribution >= 4 is 22.1 Å². The van der Waals surface area contributed by atoms with Crippen LogP contribution in [0.15, 0.2) is 60.8 Å². The monoisotopic (exact) mass is 953 g/mol. The van der Waals surface area contributed by atoms with Crippen molar-refractivity contribution in [2.75, 3.05) is 19.0 Å². The van der Waals surface area contributed by atoms with Crippen LogP contribution in [0.1, 0.15) is 206 Å². The first-order chi connectivity index (χ1) is 32.0. The predicted octanol–water partition coefficient (Wildman–Crippen LogP) is 11.7. The van der Waals surface area contributed by atoms with Crippen molar-refractivity contribution in [3.63, 3.8) is 0 Å². The van der Waals surface area contributed by atoms with Crippen molar-refractivity contribution in [1.82, 2.24) is 0 Å². The SMILES string of the molecule is CCCCC/C=C/C/C=C/C/C=C/C/C=C/CCCC(=O)O[C@H](COC(=O)CCCCCCCCCCCCC/C=C/CCCCCCCC)CO[C@H]1O[C@H](CS(=O)(=O)O)[C@@H](O)C(O)C1O. The maximum atomic E-state index is 12.8. The lowest BCUT2D eigenvalue weighted by Gasteiger charge is -2.40. The van der Waals surface area contributed by atoms with Gasteiger partial charge >= 0.3 is 11.9 Å². The van der Waals surface area contributed by atoms with Crippen LogP contribution in [0.25, 0.3) is 0 Å². The number of allylic oxidation sites excluding steroid dienone is 10. The van der Waals surface area contributed by atoms with E-state index in [1.54, 1.807) is 0 Å². The predicted molar refractivity (Wildman–Crippen MR) is 265 cm³/mol. The van der Waals surface area contributed by atoms with E-state index in [4.69, 9.17) is 18.9 Å². The molecule has 1 aliphatic rings. The Morgan fingerprint density at radius 2 is 0.924 bits per heavy atom. The van der Waals surface area contributed by atoms with E-state index in [0.717, 1.165) is 44.9 Å². The van der Waals surface area contributed by atoms with Gasteiger partial charge in [0.15, 0.2) is 12.4 Å². The number of aliphatic hydroxyl groups excluding tert-OH is 3. The summed E-state index contributed by atoms with van der Waals surface area (Å²) in [5, 5.41) is 31.0. The summed E-state index contributed by atoms with van der Waals surface area (Å²) in [5.74, 6) is -2.06. The first-order valence-electron chi connectivity index (χ1n) is 25.8. The molecular weight excluding hydrogens is 861 g/mol. The molecule has 1 fully saturated rings. The van der Waals surface area contributed by atoms with Gasteiger partial charge in [-0.3, -0.25) is 14.1 Å². The molecule has 2 unspecified atom stereocenters. The zero-order valence-electron chi connectivity index (χ0n) is 41.0. The van der Waals surface area contributed by atoms with Gasteiger partial charge in [-0.1, -0.05) is 177 Å². The van der Waals surface area contributed by atoms with Gasteiger partial charge in [0, 0.05) is 12.8 Å². The van der Waals surface area contributed by atoms with Gasteiger partial charge in [-0.2, -0.15) is 8.42 Å². The number of esters is 2. The van der Waals surface area contributed by atoms with E-state index in [0.29, 0.717) is 19.3 Å². The Labute approximate surface area is 400 Å². The summed E-state index contributed by atoms with van der Waals surface area (Å²) < 4.78 is 54.2. The number of unbranched alkanes of at least 4 members (excludes halogenated alkanes) is 21. The molecule has 12 nitrogen and oxygen atoms in total. The Balaban J connectivity index is 2.40. The fourth-order valence-corrected chi connectivity index (χ4v) is 8.24. The van der Waals surface area contributed by atoms with Crippen molar-refractivity contribution in [3.05, 3.63) is 60.8 Å². The lowest BCUT2D eigenvalue weighted by Crippen LogP contribution is -2.60. The normalized spacial score (nSPS) is 19.9. The fraction of sp³-hybridized carbons (Fsp3) is 0.774. The van der Waals surface area contributed by atoms with Crippen LogP contribution in [-0.2, 0) is 38.7 Å².